The van der Waals surface area contributed by atoms with Crippen molar-refractivity contribution in [3.05, 3.63) is 0 Å². The minimum atomic E-state index is 0.320. The standard InChI is InChI=1S/C12H26N2O/c1-3-7-14(8-4-2)10-12-6-5-11(9-13)15-12/h11-12H,3-10,13H2,1-2H3. The number of nitrogens with zero attached hydrogens (tertiary/aromatic N) is 1. The molecule has 3 nitrogen and oxygen atoms in total. The number of ether oxygens (including phenoxy) is 1. The summed E-state index contributed by atoms with van der Waals surface area (Å²) in [5, 5.41) is 0. The molecule has 0 spiro atoms. The molecule has 3 heteroatoms. The second-order valence-electron chi connectivity index (χ2n) is 4.49. The Bertz CT molecular complexity index is 158. The molecule has 2 unspecified atom stereocenters. The van der Waals surface area contributed by atoms with Crippen LogP contribution in [0.3, 0.4) is 0 Å². The summed E-state index contributed by atoms with van der Waals surface area (Å²) in [5.74, 6) is 0. The molecule has 0 radical (unpaired) electrons. The summed E-state index contributed by atoms with van der Waals surface area (Å²) in [6.45, 7) is 8.64. The van der Waals surface area contributed by atoms with Crippen molar-refractivity contribution in [1.82, 2.24) is 4.90 Å². The topological polar surface area (TPSA) is 38.5 Å². The lowest BCUT2D eigenvalue weighted by molar-refractivity contribution is 0.0270. The zero-order valence-corrected chi connectivity index (χ0v) is 10.2. The Kier molecular flexibility index (Phi) is 6.22. The van der Waals surface area contributed by atoms with Crippen LogP contribution >= 0.6 is 0 Å². The van der Waals surface area contributed by atoms with Crippen LogP contribution in [-0.2, 0) is 4.74 Å². The second-order valence-corrected chi connectivity index (χ2v) is 4.49. The first kappa shape index (κ1) is 12.9. The zero-order valence-electron chi connectivity index (χ0n) is 10.2. The zero-order chi connectivity index (χ0) is 11.1. The van der Waals surface area contributed by atoms with Crippen LogP contribution in [0.1, 0.15) is 39.5 Å². The molecule has 0 aromatic heterocycles. The summed E-state index contributed by atoms with van der Waals surface area (Å²) in [6, 6.07) is 0. The van der Waals surface area contributed by atoms with Crippen molar-refractivity contribution >= 4 is 0 Å². The van der Waals surface area contributed by atoms with Gasteiger partial charge in [-0.1, -0.05) is 13.8 Å². The predicted molar refractivity (Wildman–Crippen MR) is 64.0 cm³/mol. The van der Waals surface area contributed by atoms with Crippen molar-refractivity contribution in [2.45, 2.75) is 51.7 Å². The molecule has 15 heavy (non-hydrogen) atoms. The average molecular weight is 214 g/mol. The maximum Gasteiger partial charge on any atom is 0.0707 e. The van der Waals surface area contributed by atoms with Gasteiger partial charge < -0.3 is 15.4 Å². The van der Waals surface area contributed by atoms with Crippen molar-refractivity contribution in [2.24, 2.45) is 5.73 Å². The van der Waals surface area contributed by atoms with Gasteiger partial charge in [0.2, 0.25) is 0 Å². The number of nitrogens with two attached hydrogens (primary N) is 1. The van der Waals surface area contributed by atoms with E-state index in [9.17, 15) is 0 Å². The summed E-state index contributed by atoms with van der Waals surface area (Å²) in [5.41, 5.74) is 5.61. The first-order chi connectivity index (χ1) is 7.30. The molecule has 1 rings (SSSR count). The number of rotatable bonds is 7. The summed E-state index contributed by atoms with van der Waals surface area (Å²) >= 11 is 0. The first-order valence-corrected chi connectivity index (χ1v) is 6.38. The van der Waals surface area contributed by atoms with E-state index in [1.165, 1.54) is 32.4 Å². The summed E-state index contributed by atoms with van der Waals surface area (Å²) < 4.78 is 5.87. The molecule has 2 atom stereocenters. The minimum Gasteiger partial charge on any atom is -0.372 e. The number of hydrogen-bond donors (Lipinski definition) is 1. The van der Waals surface area contributed by atoms with Gasteiger partial charge in [0.1, 0.15) is 0 Å². The highest BCUT2D eigenvalue weighted by Gasteiger charge is 2.25. The Hall–Kier alpha value is -0.120. The molecular weight excluding hydrogens is 188 g/mol. The van der Waals surface area contributed by atoms with Crippen LogP contribution in [0.15, 0.2) is 0 Å². The van der Waals surface area contributed by atoms with E-state index in [1.807, 2.05) is 0 Å². The van der Waals surface area contributed by atoms with Crippen molar-refractivity contribution in [3.8, 4) is 0 Å². The van der Waals surface area contributed by atoms with E-state index < -0.39 is 0 Å². The van der Waals surface area contributed by atoms with Crippen LogP contribution in [0.4, 0.5) is 0 Å². The Labute approximate surface area is 94.0 Å². The lowest BCUT2D eigenvalue weighted by Gasteiger charge is -2.24. The van der Waals surface area contributed by atoms with E-state index in [0.29, 0.717) is 18.8 Å². The minimum absolute atomic E-state index is 0.320. The Morgan fingerprint density at radius 1 is 1.13 bits per heavy atom. The summed E-state index contributed by atoms with van der Waals surface area (Å²) in [7, 11) is 0. The fourth-order valence-electron chi connectivity index (χ4n) is 2.30. The lowest BCUT2D eigenvalue weighted by Crippen LogP contribution is -2.34. The third-order valence-electron chi connectivity index (χ3n) is 3.00. The maximum atomic E-state index is 5.87. The van der Waals surface area contributed by atoms with E-state index in [0.717, 1.165) is 13.0 Å². The molecule has 0 aromatic carbocycles. The van der Waals surface area contributed by atoms with Gasteiger partial charge in [-0.3, -0.25) is 0 Å². The van der Waals surface area contributed by atoms with Gasteiger partial charge in [-0.25, -0.2) is 0 Å². The molecule has 0 saturated carbocycles. The average Bonchev–Trinajstić information content (AvgIpc) is 2.66. The van der Waals surface area contributed by atoms with Gasteiger partial charge in [0.25, 0.3) is 0 Å². The highest BCUT2D eigenvalue weighted by atomic mass is 16.5. The van der Waals surface area contributed by atoms with Gasteiger partial charge in [0.15, 0.2) is 0 Å². The maximum absolute atomic E-state index is 5.87. The predicted octanol–water partition coefficient (Wildman–Crippen LogP) is 1.61. The third-order valence-corrected chi connectivity index (χ3v) is 3.00. The third kappa shape index (κ3) is 4.49. The van der Waals surface area contributed by atoms with Gasteiger partial charge in [-0.05, 0) is 38.8 Å². The molecule has 0 aliphatic carbocycles. The molecule has 1 fully saturated rings. The fourth-order valence-corrected chi connectivity index (χ4v) is 2.30. The van der Waals surface area contributed by atoms with E-state index in [-0.39, 0.29) is 0 Å². The lowest BCUT2D eigenvalue weighted by atomic mass is 10.2. The molecule has 1 aliphatic rings. The van der Waals surface area contributed by atoms with Gasteiger partial charge >= 0.3 is 0 Å². The van der Waals surface area contributed by atoms with Crippen molar-refractivity contribution < 1.29 is 4.74 Å². The molecule has 1 aliphatic heterocycles. The molecule has 90 valence electrons. The number of hydrogen-bond acceptors (Lipinski definition) is 3. The van der Waals surface area contributed by atoms with Crippen molar-refractivity contribution in [1.29, 1.82) is 0 Å². The van der Waals surface area contributed by atoms with E-state index in [1.54, 1.807) is 0 Å². The highest BCUT2D eigenvalue weighted by molar-refractivity contribution is 4.76. The molecule has 1 heterocycles. The van der Waals surface area contributed by atoms with E-state index >= 15 is 0 Å². The highest BCUT2D eigenvalue weighted by Crippen LogP contribution is 2.19. The molecule has 0 bridgehead atoms. The second kappa shape index (κ2) is 7.20. The Balaban J connectivity index is 2.25. The van der Waals surface area contributed by atoms with Crippen molar-refractivity contribution in [3.63, 3.8) is 0 Å². The van der Waals surface area contributed by atoms with Crippen LogP contribution in [0.5, 0.6) is 0 Å². The molecule has 0 aromatic rings. The quantitative estimate of drug-likeness (QED) is 0.700. The molecule has 1 saturated heterocycles. The first-order valence-electron chi connectivity index (χ1n) is 6.38. The monoisotopic (exact) mass is 214 g/mol. The van der Waals surface area contributed by atoms with Gasteiger partial charge in [-0.15, -0.1) is 0 Å². The van der Waals surface area contributed by atoms with Crippen LogP contribution in [-0.4, -0.2) is 43.3 Å². The van der Waals surface area contributed by atoms with Crippen LogP contribution in [0.25, 0.3) is 0 Å². The molecular formula is C12H26N2O. The Morgan fingerprint density at radius 3 is 2.20 bits per heavy atom. The smallest absolute Gasteiger partial charge is 0.0707 e. The SMILES string of the molecule is CCCN(CCC)CC1CCC(CN)O1. The van der Waals surface area contributed by atoms with Crippen LogP contribution < -0.4 is 5.73 Å². The Morgan fingerprint density at radius 2 is 1.73 bits per heavy atom. The van der Waals surface area contributed by atoms with Gasteiger partial charge in [0, 0.05) is 13.1 Å². The van der Waals surface area contributed by atoms with E-state index in [4.69, 9.17) is 10.5 Å². The molecule has 0 amide bonds. The van der Waals surface area contributed by atoms with Crippen molar-refractivity contribution in [2.75, 3.05) is 26.2 Å². The van der Waals surface area contributed by atoms with Crippen LogP contribution in [0, 0.1) is 0 Å². The normalized spacial score (nSPS) is 26.4. The largest absolute Gasteiger partial charge is 0.372 e. The van der Waals surface area contributed by atoms with Gasteiger partial charge in [0.05, 0.1) is 12.2 Å². The van der Waals surface area contributed by atoms with E-state index in [2.05, 4.69) is 18.7 Å². The van der Waals surface area contributed by atoms with Gasteiger partial charge in [-0.2, -0.15) is 0 Å². The molecule has 2 N–H and O–H groups in total. The van der Waals surface area contributed by atoms with Crippen LogP contribution in [0.2, 0.25) is 0 Å². The summed E-state index contributed by atoms with van der Waals surface area (Å²) in [4.78, 5) is 2.52. The fraction of sp³-hybridized carbons (Fsp3) is 1.00. The summed E-state index contributed by atoms with van der Waals surface area (Å²) in [6.07, 6.45) is 5.54.